The second-order valence-corrected chi connectivity index (χ2v) is 8.43. The molecule has 0 saturated carbocycles. The Balaban J connectivity index is 4.45. The number of carboxylic acid groups (broad SMARTS) is 1. The minimum atomic E-state index is -0.517. The number of carboxylic acids is 1. The Hall–Kier alpha value is -0.530. The van der Waals surface area contributed by atoms with E-state index < -0.39 is 11.4 Å². The minimum Gasteiger partial charge on any atom is -0.481 e. The second-order valence-electron chi connectivity index (χ2n) is 8.43. The van der Waals surface area contributed by atoms with Crippen LogP contribution in [0.2, 0.25) is 0 Å². The van der Waals surface area contributed by atoms with Crippen LogP contribution in [0.4, 0.5) is 0 Å². The highest BCUT2D eigenvalue weighted by Crippen LogP contribution is 2.38. The summed E-state index contributed by atoms with van der Waals surface area (Å²) in [7, 11) is 0. The van der Waals surface area contributed by atoms with Gasteiger partial charge in [0.05, 0.1) is 5.41 Å². The Morgan fingerprint density at radius 1 is 0.538 bits per heavy atom. The van der Waals surface area contributed by atoms with Crippen molar-refractivity contribution in [3.8, 4) is 0 Å². The molecule has 0 unspecified atom stereocenters. The van der Waals surface area contributed by atoms with Gasteiger partial charge in [-0.1, -0.05) is 124 Å². The molecule has 0 aliphatic carbocycles. The third kappa shape index (κ3) is 12.8. The van der Waals surface area contributed by atoms with Gasteiger partial charge in [0.2, 0.25) is 0 Å². The maximum Gasteiger partial charge on any atom is 0.309 e. The lowest BCUT2D eigenvalue weighted by atomic mass is 9.74. The van der Waals surface area contributed by atoms with Crippen molar-refractivity contribution in [2.24, 2.45) is 5.41 Å². The number of hydrogen-bond donors (Lipinski definition) is 1. The molecule has 0 saturated heterocycles. The van der Waals surface area contributed by atoms with Crippen molar-refractivity contribution in [2.75, 3.05) is 0 Å². The van der Waals surface area contributed by atoms with Crippen LogP contribution in [-0.4, -0.2) is 11.1 Å². The minimum absolute atomic E-state index is 0.441. The Bertz CT molecular complexity index is 295. The fourth-order valence-corrected chi connectivity index (χ4v) is 4.07. The molecule has 1 N–H and O–H groups in total. The molecule has 156 valence electrons. The van der Waals surface area contributed by atoms with Crippen LogP contribution < -0.4 is 0 Å². The highest BCUT2D eigenvalue weighted by molar-refractivity contribution is 5.74. The zero-order valence-electron chi connectivity index (χ0n) is 18.3. The molecular weight excluding hydrogens is 320 g/mol. The molecule has 0 atom stereocenters. The Labute approximate surface area is 164 Å². The molecule has 0 aliphatic heterocycles. The van der Waals surface area contributed by atoms with Gasteiger partial charge in [-0.2, -0.15) is 0 Å². The first-order valence-corrected chi connectivity index (χ1v) is 11.9. The van der Waals surface area contributed by atoms with Crippen molar-refractivity contribution in [2.45, 2.75) is 143 Å². The molecular formula is C24H48O2. The molecule has 0 bridgehead atoms. The maximum atomic E-state index is 12.2. The predicted octanol–water partition coefficient (Wildman–Crippen LogP) is 8.53. The fourth-order valence-electron chi connectivity index (χ4n) is 4.07. The van der Waals surface area contributed by atoms with Crippen molar-refractivity contribution in [1.29, 1.82) is 0 Å². The summed E-state index contributed by atoms with van der Waals surface area (Å²) in [5, 5.41) is 10.1. The summed E-state index contributed by atoms with van der Waals surface area (Å²) < 4.78 is 0. The summed E-state index contributed by atoms with van der Waals surface area (Å²) in [6.07, 6.45) is 22.4. The fraction of sp³-hybridized carbons (Fsp3) is 0.958. The van der Waals surface area contributed by atoms with E-state index in [1.54, 1.807) is 0 Å². The van der Waals surface area contributed by atoms with Gasteiger partial charge in [0, 0.05) is 0 Å². The van der Waals surface area contributed by atoms with E-state index in [2.05, 4.69) is 20.8 Å². The van der Waals surface area contributed by atoms with Gasteiger partial charge in [-0.3, -0.25) is 4.79 Å². The highest BCUT2D eigenvalue weighted by Gasteiger charge is 2.36. The smallest absolute Gasteiger partial charge is 0.309 e. The first-order valence-electron chi connectivity index (χ1n) is 11.9. The van der Waals surface area contributed by atoms with Gasteiger partial charge in [-0.15, -0.1) is 0 Å². The summed E-state index contributed by atoms with van der Waals surface area (Å²) in [4.78, 5) is 12.2. The van der Waals surface area contributed by atoms with Crippen LogP contribution in [-0.2, 0) is 4.79 Å². The quantitative estimate of drug-likeness (QED) is 0.219. The first-order chi connectivity index (χ1) is 12.6. The normalized spacial score (nSPS) is 11.8. The molecule has 0 heterocycles. The molecule has 0 spiro atoms. The lowest BCUT2D eigenvalue weighted by Crippen LogP contribution is -2.31. The molecule has 0 radical (unpaired) electrons. The van der Waals surface area contributed by atoms with Gasteiger partial charge in [0.25, 0.3) is 0 Å². The van der Waals surface area contributed by atoms with Crippen LogP contribution in [0.3, 0.4) is 0 Å². The van der Waals surface area contributed by atoms with Crippen LogP contribution in [0.5, 0.6) is 0 Å². The van der Waals surface area contributed by atoms with Crippen molar-refractivity contribution in [3.63, 3.8) is 0 Å². The van der Waals surface area contributed by atoms with Crippen molar-refractivity contribution >= 4 is 5.97 Å². The summed E-state index contributed by atoms with van der Waals surface area (Å²) in [5.41, 5.74) is -0.441. The molecule has 0 fully saturated rings. The van der Waals surface area contributed by atoms with Crippen LogP contribution in [0.25, 0.3) is 0 Å². The Morgan fingerprint density at radius 3 is 1.12 bits per heavy atom. The summed E-state index contributed by atoms with van der Waals surface area (Å²) >= 11 is 0. The van der Waals surface area contributed by atoms with Crippen molar-refractivity contribution in [3.05, 3.63) is 0 Å². The SMILES string of the molecule is CCCCCCCCC(CCCCCC)(CCCCCCCC)C(=O)O. The van der Waals surface area contributed by atoms with Crippen LogP contribution in [0.1, 0.15) is 143 Å². The highest BCUT2D eigenvalue weighted by atomic mass is 16.4. The Morgan fingerprint density at radius 2 is 0.808 bits per heavy atom. The van der Waals surface area contributed by atoms with Gasteiger partial charge in [-0.25, -0.2) is 0 Å². The monoisotopic (exact) mass is 368 g/mol. The van der Waals surface area contributed by atoms with E-state index in [-0.39, 0.29) is 0 Å². The van der Waals surface area contributed by atoms with Crippen LogP contribution in [0, 0.1) is 5.41 Å². The van der Waals surface area contributed by atoms with E-state index in [0.29, 0.717) is 0 Å². The summed E-state index contributed by atoms with van der Waals surface area (Å²) in [5.74, 6) is -0.517. The third-order valence-electron chi connectivity index (χ3n) is 5.98. The van der Waals surface area contributed by atoms with E-state index in [0.717, 1.165) is 38.5 Å². The van der Waals surface area contributed by atoms with Crippen molar-refractivity contribution < 1.29 is 9.90 Å². The number of unbranched alkanes of at least 4 members (excludes halogenated alkanes) is 13. The number of carbonyl (C=O) groups is 1. The van der Waals surface area contributed by atoms with E-state index in [9.17, 15) is 9.90 Å². The van der Waals surface area contributed by atoms with E-state index in [4.69, 9.17) is 0 Å². The largest absolute Gasteiger partial charge is 0.481 e. The van der Waals surface area contributed by atoms with E-state index >= 15 is 0 Å². The molecule has 0 aromatic carbocycles. The molecule has 26 heavy (non-hydrogen) atoms. The van der Waals surface area contributed by atoms with Gasteiger partial charge in [0.1, 0.15) is 0 Å². The third-order valence-corrected chi connectivity index (χ3v) is 5.98. The van der Waals surface area contributed by atoms with Gasteiger partial charge in [0.15, 0.2) is 0 Å². The zero-order chi connectivity index (χ0) is 19.5. The van der Waals surface area contributed by atoms with Crippen LogP contribution >= 0.6 is 0 Å². The van der Waals surface area contributed by atoms with E-state index in [1.165, 1.54) is 83.5 Å². The van der Waals surface area contributed by atoms with Gasteiger partial charge in [-0.05, 0) is 19.3 Å². The standard InChI is InChI=1S/C24H48O2/c1-4-7-10-13-15-18-21-24(23(25)26,20-17-12-9-6-3)22-19-16-14-11-8-5-2/h4-22H2,1-3H3,(H,25,26). The lowest BCUT2D eigenvalue weighted by molar-refractivity contribution is -0.150. The van der Waals surface area contributed by atoms with Crippen LogP contribution in [0.15, 0.2) is 0 Å². The molecule has 0 amide bonds. The molecule has 0 rings (SSSR count). The molecule has 0 aliphatic rings. The topological polar surface area (TPSA) is 37.3 Å². The van der Waals surface area contributed by atoms with Gasteiger partial charge >= 0.3 is 5.97 Å². The number of hydrogen-bond acceptors (Lipinski definition) is 1. The maximum absolute atomic E-state index is 12.2. The average molecular weight is 369 g/mol. The summed E-state index contributed by atoms with van der Waals surface area (Å²) in [6, 6.07) is 0. The van der Waals surface area contributed by atoms with Crippen molar-refractivity contribution in [1.82, 2.24) is 0 Å². The predicted molar refractivity (Wildman–Crippen MR) is 115 cm³/mol. The lowest BCUT2D eigenvalue weighted by Gasteiger charge is -2.30. The number of rotatable bonds is 20. The average Bonchev–Trinajstić information content (AvgIpc) is 2.63. The van der Waals surface area contributed by atoms with Gasteiger partial charge < -0.3 is 5.11 Å². The molecule has 2 nitrogen and oxygen atoms in total. The molecule has 2 heteroatoms. The number of aliphatic carboxylic acids is 1. The summed E-state index contributed by atoms with van der Waals surface area (Å²) in [6.45, 7) is 6.70. The Kier molecular flexibility index (Phi) is 17.5. The van der Waals surface area contributed by atoms with E-state index in [1.807, 2.05) is 0 Å². The zero-order valence-corrected chi connectivity index (χ0v) is 18.3. The molecule has 0 aromatic heterocycles. The second kappa shape index (κ2) is 17.9. The molecule has 0 aromatic rings. The first kappa shape index (κ1) is 25.5.